The Hall–Kier alpha value is -2.21. The number of aryl methyl sites for hydroxylation is 2. The second kappa shape index (κ2) is 8.45. The summed E-state index contributed by atoms with van der Waals surface area (Å²) in [6.45, 7) is 6.13. The van der Waals surface area contributed by atoms with E-state index in [9.17, 15) is 4.79 Å². The number of pyridine rings is 1. The van der Waals surface area contributed by atoms with E-state index in [4.69, 9.17) is 4.74 Å². The van der Waals surface area contributed by atoms with Gasteiger partial charge in [-0.3, -0.25) is 14.5 Å². The Morgan fingerprint density at radius 3 is 2.92 bits per heavy atom. The normalized spacial score (nSPS) is 17.5. The van der Waals surface area contributed by atoms with Crippen LogP contribution >= 0.6 is 0 Å². The maximum Gasteiger partial charge on any atom is 0.222 e. The van der Waals surface area contributed by atoms with Gasteiger partial charge in [0.15, 0.2) is 0 Å². The summed E-state index contributed by atoms with van der Waals surface area (Å²) in [6, 6.07) is 3.93. The molecule has 2 aromatic rings. The number of carbonyl (C=O) groups is 1. The van der Waals surface area contributed by atoms with E-state index in [1.165, 1.54) is 5.56 Å². The number of hydrogen-bond donors (Lipinski definition) is 0. The van der Waals surface area contributed by atoms with Crippen LogP contribution in [0, 0.1) is 13.8 Å². The first-order chi connectivity index (χ1) is 12.5. The van der Waals surface area contributed by atoms with E-state index in [0.29, 0.717) is 19.6 Å². The molecular formula is C20H28N4O2. The van der Waals surface area contributed by atoms with Gasteiger partial charge in [-0.2, -0.15) is 5.10 Å². The Bertz CT molecular complexity index is 742. The first-order valence-corrected chi connectivity index (χ1v) is 9.32. The lowest BCUT2D eigenvalue weighted by Crippen LogP contribution is -2.43. The van der Waals surface area contributed by atoms with E-state index in [0.717, 1.165) is 42.8 Å². The molecular weight excluding hydrogens is 328 g/mol. The number of ether oxygens (including phenoxy) is 1. The molecule has 0 unspecified atom stereocenters. The van der Waals surface area contributed by atoms with Gasteiger partial charge in [-0.05, 0) is 50.3 Å². The maximum atomic E-state index is 12.7. The predicted octanol–water partition coefficient (Wildman–Crippen LogP) is 2.57. The van der Waals surface area contributed by atoms with E-state index < -0.39 is 0 Å². The van der Waals surface area contributed by atoms with Crippen molar-refractivity contribution in [2.24, 2.45) is 7.05 Å². The quantitative estimate of drug-likeness (QED) is 0.798. The molecule has 0 aliphatic carbocycles. The number of rotatable bonds is 6. The molecule has 0 radical (unpaired) electrons. The smallest absolute Gasteiger partial charge is 0.222 e. The van der Waals surface area contributed by atoms with Crippen LogP contribution in [0.3, 0.4) is 0 Å². The summed E-state index contributed by atoms with van der Waals surface area (Å²) < 4.78 is 7.89. The molecule has 1 atom stereocenters. The Balaban J connectivity index is 1.49. The maximum absolute atomic E-state index is 12.7. The minimum atomic E-state index is 0.106. The lowest BCUT2D eigenvalue weighted by molar-refractivity contribution is -0.135. The van der Waals surface area contributed by atoms with Crippen molar-refractivity contribution in [3.8, 4) is 0 Å². The van der Waals surface area contributed by atoms with Crippen molar-refractivity contribution in [3.05, 3.63) is 47.0 Å². The Morgan fingerprint density at radius 2 is 2.23 bits per heavy atom. The minimum absolute atomic E-state index is 0.106. The summed E-state index contributed by atoms with van der Waals surface area (Å²) >= 11 is 0. The molecule has 6 nitrogen and oxygen atoms in total. The molecule has 0 N–H and O–H groups in total. The monoisotopic (exact) mass is 356 g/mol. The van der Waals surface area contributed by atoms with Crippen molar-refractivity contribution >= 4 is 5.91 Å². The largest absolute Gasteiger partial charge is 0.372 e. The van der Waals surface area contributed by atoms with Gasteiger partial charge in [-0.25, -0.2) is 0 Å². The summed E-state index contributed by atoms with van der Waals surface area (Å²) in [6.07, 6.45) is 6.97. The fourth-order valence-electron chi connectivity index (χ4n) is 3.57. The van der Waals surface area contributed by atoms with Crippen molar-refractivity contribution in [3.63, 3.8) is 0 Å². The highest BCUT2D eigenvalue weighted by Crippen LogP contribution is 2.18. The zero-order chi connectivity index (χ0) is 18.5. The SMILES string of the molecule is Cc1nn(C)c(C)c1CCC(=O)N1CCC[C@H](OCc2cccnc2)C1. The highest BCUT2D eigenvalue weighted by atomic mass is 16.5. The van der Waals surface area contributed by atoms with Crippen molar-refractivity contribution in [2.75, 3.05) is 13.1 Å². The third-order valence-electron chi connectivity index (χ3n) is 5.19. The summed E-state index contributed by atoms with van der Waals surface area (Å²) in [7, 11) is 1.95. The molecule has 26 heavy (non-hydrogen) atoms. The van der Waals surface area contributed by atoms with E-state index in [-0.39, 0.29) is 12.0 Å². The second-order valence-electron chi connectivity index (χ2n) is 7.05. The van der Waals surface area contributed by atoms with Crippen LogP contribution in [0.1, 0.15) is 41.8 Å². The summed E-state index contributed by atoms with van der Waals surface area (Å²) in [4.78, 5) is 18.7. The van der Waals surface area contributed by atoms with Gasteiger partial charge >= 0.3 is 0 Å². The fourth-order valence-corrected chi connectivity index (χ4v) is 3.57. The number of likely N-dealkylation sites (tertiary alicyclic amines) is 1. The molecule has 0 saturated carbocycles. The molecule has 1 fully saturated rings. The van der Waals surface area contributed by atoms with Gasteiger partial charge in [-0.1, -0.05) is 6.07 Å². The topological polar surface area (TPSA) is 60.2 Å². The van der Waals surface area contributed by atoms with Crippen LogP contribution in [0.5, 0.6) is 0 Å². The van der Waals surface area contributed by atoms with Gasteiger partial charge in [0.1, 0.15) is 0 Å². The van der Waals surface area contributed by atoms with Crippen LogP contribution < -0.4 is 0 Å². The van der Waals surface area contributed by atoms with Gasteiger partial charge in [0.2, 0.25) is 5.91 Å². The molecule has 1 saturated heterocycles. The van der Waals surface area contributed by atoms with E-state index in [2.05, 4.69) is 17.0 Å². The average Bonchev–Trinajstić information content (AvgIpc) is 2.91. The van der Waals surface area contributed by atoms with Gasteiger partial charge < -0.3 is 9.64 Å². The number of hydrogen-bond acceptors (Lipinski definition) is 4. The average molecular weight is 356 g/mol. The van der Waals surface area contributed by atoms with Crippen molar-refractivity contribution in [1.29, 1.82) is 0 Å². The molecule has 3 heterocycles. The molecule has 0 aromatic carbocycles. The molecule has 2 aromatic heterocycles. The zero-order valence-corrected chi connectivity index (χ0v) is 15.9. The standard InChI is InChI=1S/C20H28N4O2/c1-15-19(16(2)23(3)22-15)8-9-20(25)24-11-5-7-18(13-24)26-14-17-6-4-10-21-12-17/h4,6,10,12,18H,5,7-9,11,13-14H2,1-3H3/t18-/m0/s1. The Morgan fingerprint density at radius 1 is 1.38 bits per heavy atom. The van der Waals surface area contributed by atoms with E-state index in [1.807, 2.05) is 41.9 Å². The first kappa shape index (κ1) is 18.6. The van der Waals surface area contributed by atoms with Crippen LogP contribution in [0.25, 0.3) is 0 Å². The number of nitrogens with zero attached hydrogens (tertiary/aromatic N) is 4. The summed E-state index contributed by atoms with van der Waals surface area (Å²) in [5.41, 5.74) is 4.43. The van der Waals surface area contributed by atoms with Gasteiger partial charge in [0, 0.05) is 44.6 Å². The van der Waals surface area contributed by atoms with Crippen LogP contribution in [0.15, 0.2) is 24.5 Å². The van der Waals surface area contributed by atoms with Gasteiger partial charge in [0.25, 0.3) is 0 Å². The molecule has 1 amide bonds. The van der Waals surface area contributed by atoms with Gasteiger partial charge in [0.05, 0.1) is 18.4 Å². The number of piperidine rings is 1. The zero-order valence-electron chi connectivity index (χ0n) is 15.9. The van der Waals surface area contributed by atoms with Crippen molar-refractivity contribution in [2.45, 2.75) is 52.2 Å². The molecule has 140 valence electrons. The lowest BCUT2D eigenvalue weighted by atomic mass is 10.0. The number of aromatic nitrogens is 3. The number of amides is 1. The lowest BCUT2D eigenvalue weighted by Gasteiger charge is -2.32. The Kier molecular flexibility index (Phi) is 6.04. The van der Waals surface area contributed by atoms with Crippen LogP contribution in [-0.4, -0.2) is 44.8 Å². The highest BCUT2D eigenvalue weighted by molar-refractivity contribution is 5.76. The third kappa shape index (κ3) is 4.49. The van der Waals surface area contributed by atoms with Crippen LogP contribution in [-0.2, 0) is 29.6 Å². The predicted molar refractivity (Wildman–Crippen MR) is 99.6 cm³/mol. The molecule has 6 heteroatoms. The molecule has 3 rings (SSSR count). The molecule has 1 aliphatic heterocycles. The second-order valence-corrected chi connectivity index (χ2v) is 7.05. The number of carbonyl (C=O) groups excluding carboxylic acids is 1. The van der Waals surface area contributed by atoms with Crippen molar-refractivity contribution < 1.29 is 9.53 Å². The van der Waals surface area contributed by atoms with Crippen molar-refractivity contribution in [1.82, 2.24) is 19.7 Å². The van der Waals surface area contributed by atoms with Gasteiger partial charge in [-0.15, -0.1) is 0 Å². The third-order valence-corrected chi connectivity index (χ3v) is 5.19. The molecule has 0 spiro atoms. The Labute approximate surface area is 155 Å². The van der Waals surface area contributed by atoms with E-state index in [1.54, 1.807) is 6.20 Å². The molecule has 0 bridgehead atoms. The minimum Gasteiger partial charge on any atom is -0.372 e. The summed E-state index contributed by atoms with van der Waals surface area (Å²) in [5, 5.41) is 4.43. The fraction of sp³-hybridized carbons (Fsp3) is 0.550. The molecule has 1 aliphatic rings. The van der Waals surface area contributed by atoms with Crippen LogP contribution in [0.2, 0.25) is 0 Å². The van der Waals surface area contributed by atoms with Crippen LogP contribution in [0.4, 0.5) is 0 Å². The summed E-state index contributed by atoms with van der Waals surface area (Å²) in [5.74, 6) is 0.210. The van der Waals surface area contributed by atoms with E-state index >= 15 is 0 Å². The first-order valence-electron chi connectivity index (χ1n) is 9.32. The highest BCUT2D eigenvalue weighted by Gasteiger charge is 2.24.